The number of aromatic nitrogens is 1. The molecular formula is C29H21BrFN3O5S2. The van der Waals surface area contributed by atoms with Crippen molar-refractivity contribution in [2.45, 2.75) is 22.7 Å². The molecule has 0 bridgehead atoms. The number of rotatable bonds is 6. The molecule has 3 aromatic carbocycles. The summed E-state index contributed by atoms with van der Waals surface area (Å²) in [5.41, 5.74) is 1.58. The van der Waals surface area contributed by atoms with Crippen molar-refractivity contribution in [2.75, 3.05) is 17.3 Å². The van der Waals surface area contributed by atoms with Crippen molar-refractivity contribution in [3.63, 3.8) is 0 Å². The maximum Gasteiger partial charge on any atom is 0.308 e. The highest BCUT2D eigenvalue weighted by molar-refractivity contribution is 9.10. The molecule has 208 valence electrons. The fourth-order valence-electron chi connectivity index (χ4n) is 5.15. The molecule has 2 aliphatic rings. The lowest BCUT2D eigenvalue weighted by Gasteiger charge is -2.30. The van der Waals surface area contributed by atoms with E-state index in [2.05, 4.69) is 21.2 Å². The van der Waals surface area contributed by atoms with E-state index in [1.165, 1.54) is 21.6 Å². The Balaban J connectivity index is 1.38. The summed E-state index contributed by atoms with van der Waals surface area (Å²) in [6, 6.07) is 19.4. The van der Waals surface area contributed by atoms with Crippen LogP contribution in [0.5, 0.6) is 5.75 Å². The van der Waals surface area contributed by atoms with Crippen LogP contribution in [-0.2, 0) is 20.9 Å². The predicted octanol–water partition coefficient (Wildman–Crippen LogP) is 5.25. The van der Waals surface area contributed by atoms with Crippen molar-refractivity contribution < 1.29 is 23.5 Å². The molecule has 12 heteroatoms. The number of nitrogens with one attached hydrogen (secondary N) is 1. The first-order valence-electron chi connectivity index (χ1n) is 12.5. The monoisotopic (exact) mass is 653 g/mol. The number of hydrogen-bond donors (Lipinski definition) is 1. The van der Waals surface area contributed by atoms with Crippen LogP contribution in [0.25, 0.3) is 0 Å². The molecule has 3 atom stereocenters. The van der Waals surface area contributed by atoms with Crippen LogP contribution in [0, 0.1) is 11.7 Å². The number of carbonyl (C=O) groups is 3. The van der Waals surface area contributed by atoms with E-state index in [1.54, 1.807) is 67.8 Å². The number of fused-ring (bicyclic) bond motifs is 2. The minimum absolute atomic E-state index is 0.282. The van der Waals surface area contributed by atoms with Crippen LogP contribution in [0.15, 0.2) is 87.1 Å². The van der Waals surface area contributed by atoms with Gasteiger partial charge in [-0.15, -0.1) is 0 Å². The number of ether oxygens (including phenoxy) is 1. The molecular weight excluding hydrogens is 633 g/mol. The maximum absolute atomic E-state index is 13.9. The fourth-order valence-corrected chi connectivity index (χ4v) is 8.19. The van der Waals surface area contributed by atoms with Crippen molar-refractivity contribution in [2.24, 2.45) is 5.92 Å². The molecule has 0 spiro atoms. The lowest BCUT2D eigenvalue weighted by atomic mass is 9.83. The number of benzene rings is 3. The first-order valence-corrected chi connectivity index (χ1v) is 15.0. The van der Waals surface area contributed by atoms with Crippen LogP contribution < -0.4 is 19.8 Å². The highest BCUT2D eigenvalue weighted by Gasteiger charge is 2.56. The third-order valence-electron chi connectivity index (χ3n) is 7.04. The summed E-state index contributed by atoms with van der Waals surface area (Å²) in [6.45, 7) is -0.282. The number of nitrogens with zero attached hydrogens (tertiary/aromatic N) is 2. The molecule has 1 N–H and O–H groups in total. The quantitative estimate of drug-likeness (QED) is 0.285. The molecule has 6 rings (SSSR count). The van der Waals surface area contributed by atoms with E-state index in [-0.39, 0.29) is 17.3 Å². The van der Waals surface area contributed by atoms with Gasteiger partial charge in [0.25, 0.3) is 0 Å². The summed E-state index contributed by atoms with van der Waals surface area (Å²) < 4.78 is 21.2. The maximum atomic E-state index is 13.9. The Morgan fingerprint density at radius 3 is 2.32 bits per heavy atom. The van der Waals surface area contributed by atoms with E-state index in [9.17, 15) is 23.6 Å². The lowest BCUT2D eigenvalue weighted by molar-refractivity contribution is -0.122. The summed E-state index contributed by atoms with van der Waals surface area (Å²) >= 11 is 5.44. The first-order chi connectivity index (χ1) is 19.7. The van der Waals surface area contributed by atoms with Gasteiger partial charge in [0.05, 0.1) is 23.7 Å². The van der Waals surface area contributed by atoms with Crippen LogP contribution in [0.1, 0.15) is 16.4 Å². The van der Waals surface area contributed by atoms with Gasteiger partial charge in [-0.25, -0.2) is 9.29 Å². The van der Waals surface area contributed by atoms with E-state index in [0.717, 1.165) is 27.6 Å². The Morgan fingerprint density at radius 1 is 0.976 bits per heavy atom. The number of anilines is 2. The van der Waals surface area contributed by atoms with Crippen molar-refractivity contribution in [3.8, 4) is 5.75 Å². The standard InChI is InChI=1S/C29H21BrFN3O5S2/c1-39-20-12-8-18(9-13-20)32-21(35)14-33-28-25(41-29(33)38)22(15-2-6-17(31)7-3-15)23-24(40-28)27(37)34(26(23)36)19-10-4-16(30)5-11-19/h2-13,22-24H,14H2,1H3,(H,32,35)/t22-,23+,24-/m0/s1. The summed E-state index contributed by atoms with van der Waals surface area (Å²) in [7, 11) is 1.54. The second-order valence-electron chi connectivity index (χ2n) is 9.48. The summed E-state index contributed by atoms with van der Waals surface area (Å²) in [5.74, 6) is -2.51. The number of amides is 3. The number of hydrogen-bond acceptors (Lipinski definition) is 7. The summed E-state index contributed by atoms with van der Waals surface area (Å²) in [5, 5.41) is 2.40. The van der Waals surface area contributed by atoms with Crippen LogP contribution in [0.4, 0.5) is 15.8 Å². The Labute approximate surface area is 250 Å². The minimum atomic E-state index is -0.835. The van der Waals surface area contributed by atoms with E-state index in [1.807, 2.05) is 0 Å². The largest absolute Gasteiger partial charge is 0.497 e. The second-order valence-corrected chi connectivity index (χ2v) is 12.5. The van der Waals surface area contributed by atoms with Crippen LogP contribution in [-0.4, -0.2) is 34.6 Å². The number of methoxy groups -OCH3 is 1. The molecule has 4 aromatic rings. The van der Waals surface area contributed by atoms with E-state index >= 15 is 0 Å². The van der Waals surface area contributed by atoms with Crippen molar-refractivity contribution in [3.05, 3.63) is 103 Å². The molecule has 8 nitrogen and oxygen atoms in total. The third-order valence-corrected chi connectivity index (χ3v) is 10.2. The predicted molar refractivity (Wildman–Crippen MR) is 158 cm³/mol. The van der Waals surface area contributed by atoms with E-state index in [0.29, 0.717) is 32.6 Å². The van der Waals surface area contributed by atoms with Gasteiger partial charge in [-0.05, 0) is 66.2 Å². The Hall–Kier alpha value is -3.74. The summed E-state index contributed by atoms with van der Waals surface area (Å²) in [4.78, 5) is 55.2. The van der Waals surface area contributed by atoms with Gasteiger partial charge in [-0.2, -0.15) is 0 Å². The normalized spacial score (nSPS) is 19.6. The van der Waals surface area contributed by atoms with Crippen molar-refractivity contribution in [1.29, 1.82) is 0 Å². The average molecular weight is 655 g/mol. The van der Waals surface area contributed by atoms with E-state index < -0.39 is 34.7 Å². The van der Waals surface area contributed by atoms with Crippen LogP contribution in [0.3, 0.4) is 0 Å². The Bertz CT molecular complexity index is 1720. The van der Waals surface area contributed by atoms with Crippen molar-refractivity contribution >= 4 is 68.1 Å². The van der Waals surface area contributed by atoms with Crippen molar-refractivity contribution in [1.82, 2.24) is 4.57 Å². The topological polar surface area (TPSA) is 97.7 Å². The zero-order chi connectivity index (χ0) is 28.8. The van der Waals surface area contributed by atoms with Gasteiger partial charge in [0.2, 0.25) is 17.7 Å². The highest BCUT2D eigenvalue weighted by atomic mass is 79.9. The molecule has 0 saturated carbocycles. The van der Waals surface area contributed by atoms with Gasteiger partial charge in [0, 0.05) is 21.0 Å². The molecule has 2 aliphatic heterocycles. The zero-order valence-corrected chi connectivity index (χ0v) is 24.6. The molecule has 1 aromatic heterocycles. The smallest absolute Gasteiger partial charge is 0.308 e. The number of thioether (sulfide) groups is 1. The van der Waals surface area contributed by atoms with Gasteiger partial charge in [0.1, 0.15) is 23.4 Å². The molecule has 3 heterocycles. The zero-order valence-electron chi connectivity index (χ0n) is 21.4. The van der Waals surface area contributed by atoms with Crippen LogP contribution in [0.2, 0.25) is 0 Å². The molecule has 41 heavy (non-hydrogen) atoms. The van der Waals surface area contributed by atoms with Gasteiger partial charge in [-0.3, -0.25) is 23.7 Å². The lowest BCUT2D eigenvalue weighted by Crippen LogP contribution is -2.33. The molecule has 1 fully saturated rings. The molecule has 0 radical (unpaired) electrons. The number of halogens is 2. The highest BCUT2D eigenvalue weighted by Crippen LogP contribution is 2.53. The third kappa shape index (κ3) is 5.00. The second kappa shape index (κ2) is 10.9. The number of carbonyl (C=O) groups excluding carboxylic acids is 3. The minimum Gasteiger partial charge on any atom is -0.497 e. The molecule has 1 saturated heterocycles. The fraction of sp³-hybridized carbons (Fsp3) is 0.172. The molecule has 3 amide bonds. The number of imide groups is 1. The van der Waals surface area contributed by atoms with E-state index in [4.69, 9.17) is 4.74 Å². The SMILES string of the molecule is COc1ccc(NC(=O)Cn2c3c(sc2=O)[C@@H](c2ccc(F)cc2)[C@H]2C(=O)N(c4ccc(Br)cc4)C(=O)[C@H]2S3)cc1. The Morgan fingerprint density at radius 2 is 1.66 bits per heavy atom. The first kappa shape index (κ1) is 27.4. The molecule has 0 unspecified atom stereocenters. The van der Waals surface area contributed by atoms with Gasteiger partial charge in [-0.1, -0.05) is 51.2 Å². The van der Waals surface area contributed by atoms with Gasteiger partial charge >= 0.3 is 4.87 Å². The molecule has 0 aliphatic carbocycles. The van der Waals surface area contributed by atoms with Crippen LogP contribution >= 0.6 is 39.0 Å². The van der Waals surface area contributed by atoms with Gasteiger partial charge in [0.15, 0.2) is 0 Å². The Kier molecular flexibility index (Phi) is 7.30. The summed E-state index contributed by atoms with van der Waals surface area (Å²) in [6.07, 6.45) is 0. The average Bonchev–Trinajstić information content (AvgIpc) is 3.40. The number of thiazole rings is 1. The van der Waals surface area contributed by atoms with Gasteiger partial charge < -0.3 is 10.1 Å².